The van der Waals surface area contributed by atoms with Crippen LogP contribution in [-0.2, 0) is 29.7 Å². The minimum absolute atomic E-state index is 0.00729. The van der Waals surface area contributed by atoms with Gasteiger partial charge < -0.3 is 0 Å². The lowest BCUT2D eigenvalue weighted by molar-refractivity contribution is 0.350. The van der Waals surface area contributed by atoms with Gasteiger partial charge in [-0.3, -0.25) is 0 Å². The van der Waals surface area contributed by atoms with Gasteiger partial charge in [-0.2, -0.15) is 4.31 Å². The van der Waals surface area contributed by atoms with Crippen LogP contribution >= 0.6 is 0 Å². The van der Waals surface area contributed by atoms with Crippen LogP contribution in [0.3, 0.4) is 0 Å². The molecule has 0 aromatic rings. The maximum absolute atomic E-state index is 12.5. The zero-order valence-corrected chi connectivity index (χ0v) is 13.7. The molecule has 7 nitrogen and oxygen atoms in total. The smallest absolute Gasteiger partial charge is 0.218 e. The summed E-state index contributed by atoms with van der Waals surface area (Å²) in [7, 11) is -10.2. The Balaban J connectivity index is 2.23. The van der Waals surface area contributed by atoms with Gasteiger partial charge in [0, 0.05) is 12.6 Å². The van der Waals surface area contributed by atoms with Crippen LogP contribution in [0.1, 0.15) is 19.8 Å². The molecule has 2 saturated heterocycles. The third kappa shape index (κ3) is 3.18. The fourth-order valence-corrected chi connectivity index (χ4v) is 9.42. The first-order chi connectivity index (χ1) is 9.07. The molecule has 2 rings (SSSR count). The number of hydrogen-bond donors (Lipinski definition) is 0. The molecule has 2 aliphatic rings. The average Bonchev–Trinajstić information content (AvgIpc) is 2.82. The molecule has 0 radical (unpaired) electrons. The van der Waals surface area contributed by atoms with E-state index in [1.54, 1.807) is 6.92 Å². The second-order valence-electron chi connectivity index (χ2n) is 5.33. The molecule has 20 heavy (non-hydrogen) atoms. The van der Waals surface area contributed by atoms with Crippen LogP contribution in [-0.4, -0.2) is 70.4 Å². The highest BCUT2D eigenvalue weighted by Crippen LogP contribution is 2.27. The van der Waals surface area contributed by atoms with Crippen molar-refractivity contribution in [1.82, 2.24) is 4.31 Å². The molecule has 2 unspecified atom stereocenters. The van der Waals surface area contributed by atoms with Crippen molar-refractivity contribution in [3.8, 4) is 0 Å². The molecular formula is C10H19NO6S3. The quantitative estimate of drug-likeness (QED) is 0.648. The van der Waals surface area contributed by atoms with Crippen LogP contribution in [0, 0.1) is 0 Å². The first-order valence-corrected chi connectivity index (χ1v) is 11.6. The van der Waals surface area contributed by atoms with Crippen LogP contribution in [0.15, 0.2) is 0 Å². The van der Waals surface area contributed by atoms with E-state index < -0.39 is 41.0 Å². The summed E-state index contributed by atoms with van der Waals surface area (Å²) in [6, 6.07) is -0.557. The van der Waals surface area contributed by atoms with Crippen molar-refractivity contribution in [3.05, 3.63) is 0 Å². The molecule has 0 aromatic carbocycles. The van der Waals surface area contributed by atoms with E-state index in [0.29, 0.717) is 0 Å². The van der Waals surface area contributed by atoms with Crippen molar-refractivity contribution in [1.29, 1.82) is 0 Å². The van der Waals surface area contributed by atoms with Gasteiger partial charge in [0.1, 0.15) is 0 Å². The lowest BCUT2D eigenvalue weighted by Crippen LogP contribution is -2.46. The van der Waals surface area contributed by atoms with Gasteiger partial charge in [0.2, 0.25) is 10.0 Å². The Morgan fingerprint density at radius 3 is 1.95 bits per heavy atom. The minimum atomic E-state index is -3.77. The highest BCUT2D eigenvalue weighted by atomic mass is 32.2. The highest BCUT2D eigenvalue weighted by molar-refractivity contribution is 7.95. The third-order valence-electron chi connectivity index (χ3n) is 3.87. The Kier molecular flexibility index (Phi) is 4.22. The molecule has 0 saturated carbocycles. The summed E-state index contributed by atoms with van der Waals surface area (Å²) in [6.07, 6.45) is 0.384. The lowest BCUT2D eigenvalue weighted by atomic mass is 10.3. The van der Waals surface area contributed by atoms with Crippen LogP contribution in [0.2, 0.25) is 0 Å². The lowest BCUT2D eigenvalue weighted by Gasteiger charge is -2.28. The Bertz CT molecular complexity index is 679. The van der Waals surface area contributed by atoms with Gasteiger partial charge >= 0.3 is 0 Å². The monoisotopic (exact) mass is 345 g/mol. The maximum atomic E-state index is 12.5. The van der Waals surface area contributed by atoms with E-state index >= 15 is 0 Å². The Morgan fingerprint density at radius 1 is 1.00 bits per heavy atom. The largest absolute Gasteiger partial charge is 0.229 e. The molecule has 2 atom stereocenters. The number of sulfonamides is 1. The van der Waals surface area contributed by atoms with Gasteiger partial charge in [-0.1, -0.05) is 6.92 Å². The van der Waals surface area contributed by atoms with Crippen LogP contribution in [0.25, 0.3) is 0 Å². The van der Waals surface area contributed by atoms with Crippen LogP contribution < -0.4 is 0 Å². The molecule has 10 heteroatoms. The highest BCUT2D eigenvalue weighted by Gasteiger charge is 2.44. The van der Waals surface area contributed by atoms with E-state index in [2.05, 4.69) is 0 Å². The van der Waals surface area contributed by atoms with Crippen molar-refractivity contribution < 1.29 is 25.3 Å². The van der Waals surface area contributed by atoms with Crippen molar-refractivity contribution in [2.45, 2.75) is 31.1 Å². The molecule has 118 valence electrons. The molecular weight excluding hydrogens is 326 g/mol. The standard InChI is InChI=1S/C10H19NO6S3/c1-2-11(9-3-5-18(12,13)7-9)20(16,17)10-4-6-19(14,15)8-10/h9-10H,2-8H2,1H3. The summed E-state index contributed by atoms with van der Waals surface area (Å²) in [6.45, 7) is 1.81. The van der Waals surface area contributed by atoms with Gasteiger partial charge in [-0.05, 0) is 12.8 Å². The van der Waals surface area contributed by atoms with E-state index in [1.165, 1.54) is 4.31 Å². The molecule has 2 heterocycles. The van der Waals surface area contributed by atoms with Crippen molar-refractivity contribution in [2.75, 3.05) is 29.6 Å². The van der Waals surface area contributed by atoms with Crippen LogP contribution in [0.5, 0.6) is 0 Å². The number of hydrogen-bond acceptors (Lipinski definition) is 6. The molecule has 0 aliphatic carbocycles. The molecule has 0 spiro atoms. The Hall–Kier alpha value is -0.190. The summed E-state index contributed by atoms with van der Waals surface area (Å²) in [5, 5.41) is -0.934. The van der Waals surface area contributed by atoms with Crippen molar-refractivity contribution in [3.63, 3.8) is 0 Å². The minimum Gasteiger partial charge on any atom is -0.229 e. The molecule has 0 N–H and O–H groups in total. The third-order valence-corrected chi connectivity index (χ3v) is 10.1. The average molecular weight is 345 g/mol. The molecule has 2 aliphatic heterocycles. The fourth-order valence-electron chi connectivity index (χ4n) is 2.84. The van der Waals surface area contributed by atoms with E-state index in [1.807, 2.05) is 0 Å². The van der Waals surface area contributed by atoms with Crippen molar-refractivity contribution >= 4 is 29.7 Å². The summed E-state index contributed by atoms with van der Waals surface area (Å²) < 4.78 is 72.1. The zero-order valence-electron chi connectivity index (χ0n) is 11.2. The SMILES string of the molecule is CCN(C1CCS(=O)(=O)C1)S(=O)(=O)C1CCS(=O)(=O)C1. The molecule has 2 fully saturated rings. The fraction of sp³-hybridized carbons (Fsp3) is 1.00. The van der Waals surface area contributed by atoms with Gasteiger partial charge in [0.15, 0.2) is 19.7 Å². The summed E-state index contributed by atoms with van der Waals surface area (Å²) in [4.78, 5) is 0. The maximum Gasteiger partial charge on any atom is 0.218 e. The molecule has 0 amide bonds. The van der Waals surface area contributed by atoms with E-state index in [4.69, 9.17) is 0 Å². The van der Waals surface area contributed by atoms with E-state index in [-0.39, 0.29) is 42.4 Å². The summed E-state index contributed by atoms with van der Waals surface area (Å²) in [5.74, 6) is -0.644. The van der Waals surface area contributed by atoms with Gasteiger partial charge in [-0.25, -0.2) is 25.3 Å². The molecule has 0 aromatic heterocycles. The topological polar surface area (TPSA) is 106 Å². The number of sulfone groups is 2. The first-order valence-electron chi connectivity index (χ1n) is 6.49. The number of nitrogens with zero attached hydrogens (tertiary/aromatic N) is 1. The predicted octanol–water partition coefficient (Wildman–Crippen LogP) is -0.988. The number of rotatable bonds is 4. The van der Waals surface area contributed by atoms with Gasteiger partial charge in [0.25, 0.3) is 0 Å². The van der Waals surface area contributed by atoms with Crippen molar-refractivity contribution in [2.24, 2.45) is 0 Å². The van der Waals surface area contributed by atoms with Gasteiger partial charge in [0.05, 0.1) is 28.3 Å². The summed E-state index contributed by atoms with van der Waals surface area (Å²) in [5.41, 5.74) is 0. The molecule has 0 bridgehead atoms. The van der Waals surface area contributed by atoms with E-state index in [9.17, 15) is 25.3 Å². The van der Waals surface area contributed by atoms with Crippen LogP contribution in [0.4, 0.5) is 0 Å². The Morgan fingerprint density at radius 2 is 1.55 bits per heavy atom. The predicted molar refractivity (Wildman–Crippen MR) is 75.4 cm³/mol. The first kappa shape index (κ1) is 16.2. The van der Waals surface area contributed by atoms with Gasteiger partial charge in [-0.15, -0.1) is 0 Å². The van der Waals surface area contributed by atoms with E-state index in [0.717, 1.165) is 0 Å². The Labute approximate surface area is 120 Å². The zero-order chi connectivity index (χ0) is 15.2. The second kappa shape index (κ2) is 5.22. The summed E-state index contributed by atoms with van der Waals surface area (Å²) >= 11 is 0. The normalized spacial score (nSPS) is 32.7. The second-order valence-corrected chi connectivity index (χ2v) is 12.0.